The number of hydrogen-bond acceptors (Lipinski definition) is 2. The second-order valence-electron chi connectivity index (χ2n) is 5.96. The quantitative estimate of drug-likeness (QED) is 0.902. The Labute approximate surface area is 124 Å². The Kier molecular flexibility index (Phi) is 5.28. The largest absolute Gasteiger partial charge is 0.489 e. The van der Waals surface area contributed by atoms with Crippen LogP contribution in [0, 0.1) is 11.8 Å². The fourth-order valence-electron chi connectivity index (χ4n) is 3.11. The third kappa shape index (κ3) is 4.22. The van der Waals surface area contributed by atoms with Crippen molar-refractivity contribution in [3.8, 4) is 5.75 Å². The van der Waals surface area contributed by atoms with Gasteiger partial charge in [0, 0.05) is 0 Å². The van der Waals surface area contributed by atoms with E-state index in [4.69, 9.17) is 10.5 Å². The van der Waals surface area contributed by atoms with E-state index in [1.165, 1.54) is 24.8 Å². The van der Waals surface area contributed by atoms with Crippen LogP contribution in [-0.2, 0) is 6.42 Å². The van der Waals surface area contributed by atoms with Crippen molar-refractivity contribution in [1.82, 2.24) is 0 Å². The summed E-state index contributed by atoms with van der Waals surface area (Å²) >= 11 is 3.61. The topological polar surface area (TPSA) is 35.2 Å². The van der Waals surface area contributed by atoms with E-state index in [-0.39, 0.29) is 0 Å². The number of halogens is 1. The highest BCUT2D eigenvalue weighted by atomic mass is 79.9. The molecular weight excluding hydrogens is 302 g/mol. The zero-order valence-corrected chi connectivity index (χ0v) is 13.4. The standard InChI is InChI=1S/C16H24BrNO/c1-11-7-12(2)9-14(8-11)19-16-4-3-13(5-6-18)10-15(16)17/h3-4,10-12,14H,5-9,18H2,1-2H3. The van der Waals surface area contributed by atoms with Crippen LogP contribution in [0.25, 0.3) is 0 Å². The Morgan fingerprint density at radius 3 is 2.47 bits per heavy atom. The maximum absolute atomic E-state index is 6.18. The maximum Gasteiger partial charge on any atom is 0.133 e. The van der Waals surface area contributed by atoms with Crippen molar-refractivity contribution < 1.29 is 4.74 Å². The Morgan fingerprint density at radius 1 is 1.21 bits per heavy atom. The molecule has 2 N–H and O–H groups in total. The minimum atomic E-state index is 0.357. The number of rotatable bonds is 4. The molecule has 2 rings (SSSR count). The van der Waals surface area contributed by atoms with Gasteiger partial charge in [0.2, 0.25) is 0 Å². The first-order chi connectivity index (χ1) is 9.08. The minimum absolute atomic E-state index is 0.357. The minimum Gasteiger partial charge on any atom is -0.489 e. The van der Waals surface area contributed by atoms with Gasteiger partial charge in [0.25, 0.3) is 0 Å². The molecule has 1 fully saturated rings. The molecule has 0 bridgehead atoms. The molecule has 1 aliphatic rings. The summed E-state index contributed by atoms with van der Waals surface area (Å²) in [7, 11) is 0. The van der Waals surface area contributed by atoms with Gasteiger partial charge in [0.15, 0.2) is 0 Å². The molecule has 1 aromatic carbocycles. The van der Waals surface area contributed by atoms with Crippen molar-refractivity contribution in [2.24, 2.45) is 17.6 Å². The Bertz CT molecular complexity index is 411. The van der Waals surface area contributed by atoms with Crippen molar-refractivity contribution in [3.05, 3.63) is 28.2 Å². The summed E-state index contributed by atoms with van der Waals surface area (Å²) in [6, 6.07) is 6.31. The highest BCUT2D eigenvalue weighted by Gasteiger charge is 2.25. The summed E-state index contributed by atoms with van der Waals surface area (Å²) in [6.45, 7) is 5.33. The monoisotopic (exact) mass is 325 g/mol. The number of hydrogen-bond donors (Lipinski definition) is 1. The van der Waals surface area contributed by atoms with Crippen molar-refractivity contribution in [2.45, 2.75) is 45.6 Å². The van der Waals surface area contributed by atoms with E-state index in [2.05, 4.69) is 48.0 Å². The first-order valence-corrected chi connectivity index (χ1v) is 8.03. The zero-order valence-electron chi connectivity index (χ0n) is 11.9. The lowest BCUT2D eigenvalue weighted by atomic mass is 9.82. The summed E-state index contributed by atoms with van der Waals surface area (Å²) in [6.07, 6.45) is 4.94. The SMILES string of the molecule is CC1CC(C)CC(Oc2ccc(CCN)cc2Br)C1. The molecule has 106 valence electrons. The molecular formula is C16H24BrNO. The van der Waals surface area contributed by atoms with Gasteiger partial charge in [-0.1, -0.05) is 19.9 Å². The summed E-state index contributed by atoms with van der Waals surface area (Å²) in [5.41, 5.74) is 6.84. The van der Waals surface area contributed by atoms with Crippen LogP contribution in [-0.4, -0.2) is 12.6 Å². The molecule has 0 heterocycles. The molecule has 0 aromatic heterocycles. The third-order valence-corrected chi connectivity index (χ3v) is 4.48. The maximum atomic E-state index is 6.18. The predicted molar refractivity (Wildman–Crippen MR) is 83.5 cm³/mol. The Morgan fingerprint density at radius 2 is 1.89 bits per heavy atom. The molecule has 2 atom stereocenters. The van der Waals surface area contributed by atoms with Gasteiger partial charge in [0.05, 0.1) is 10.6 Å². The number of ether oxygens (including phenoxy) is 1. The normalized spacial score (nSPS) is 27.3. The molecule has 2 nitrogen and oxygen atoms in total. The summed E-state index contributed by atoms with van der Waals surface area (Å²) in [5.74, 6) is 2.50. The van der Waals surface area contributed by atoms with Crippen LogP contribution >= 0.6 is 15.9 Å². The second-order valence-corrected chi connectivity index (χ2v) is 6.82. The van der Waals surface area contributed by atoms with Gasteiger partial charge in [-0.3, -0.25) is 0 Å². The highest BCUT2D eigenvalue weighted by Crippen LogP contribution is 2.34. The van der Waals surface area contributed by atoms with Crippen LogP contribution in [0.2, 0.25) is 0 Å². The van der Waals surface area contributed by atoms with E-state index in [1.54, 1.807) is 0 Å². The van der Waals surface area contributed by atoms with Crippen molar-refractivity contribution in [3.63, 3.8) is 0 Å². The van der Waals surface area contributed by atoms with Gasteiger partial charge in [-0.05, 0) is 77.7 Å². The molecule has 3 heteroatoms. The van der Waals surface area contributed by atoms with Crippen LogP contribution < -0.4 is 10.5 Å². The summed E-state index contributed by atoms with van der Waals surface area (Å²) < 4.78 is 7.23. The van der Waals surface area contributed by atoms with Gasteiger partial charge in [0.1, 0.15) is 5.75 Å². The number of nitrogens with two attached hydrogens (primary N) is 1. The van der Waals surface area contributed by atoms with E-state index in [0.29, 0.717) is 12.6 Å². The molecule has 1 aliphatic carbocycles. The first-order valence-electron chi connectivity index (χ1n) is 7.23. The lowest BCUT2D eigenvalue weighted by Gasteiger charge is -2.32. The molecule has 1 aromatic rings. The van der Waals surface area contributed by atoms with Crippen LogP contribution in [0.3, 0.4) is 0 Å². The van der Waals surface area contributed by atoms with Gasteiger partial charge < -0.3 is 10.5 Å². The average Bonchev–Trinajstić information content (AvgIpc) is 2.32. The van der Waals surface area contributed by atoms with Gasteiger partial charge in [-0.2, -0.15) is 0 Å². The molecule has 0 aliphatic heterocycles. The van der Waals surface area contributed by atoms with E-state index < -0.39 is 0 Å². The predicted octanol–water partition coefficient (Wildman–Crippen LogP) is 4.15. The fraction of sp³-hybridized carbons (Fsp3) is 0.625. The van der Waals surface area contributed by atoms with Gasteiger partial charge in [-0.25, -0.2) is 0 Å². The average molecular weight is 326 g/mol. The lowest BCUT2D eigenvalue weighted by Crippen LogP contribution is -2.28. The van der Waals surface area contributed by atoms with Crippen LogP contribution in [0.1, 0.15) is 38.7 Å². The fourth-order valence-corrected chi connectivity index (χ4v) is 3.63. The van der Waals surface area contributed by atoms with Crippen molar-refractivity contribution >= 4 is 15.9 Å². The van der Waals surface area contributed by atoms with Crippen molar-refractivity contribution in [2.75, 3.05) is 6.54 Å². The van der Waals surface area contributed by atoms with E-state index in [0.717, 1.165) is 28.5 Å². The van der Waals surface area contributed by atoms with Gasteiger partial charge >= 0.3 is 0 Å². The molecule has 2 unspecified atom stereocenters. The molecule has 0 amide bonds. The smallest absolute Gasteiger partial charge is 0.133 e. The van der Waals surface area contributed by atoms with E-state index in [9.17, 15) is 0 Å². The zero-order chi connectivity index (χ0) is 13.8. The first kappa shape index (κ1) is 14.9. The Hall–Kier alpha value is -0.540. The van der Waals surface area contributed by atoms with Gasteiger partial charge in [-0.15, -0.1) is 0 Å². The van der Waals surface area contributed by atoms with Crippen LogP contribution in [0.5, 0.6) is 5.75 Å². The summed E-state index contributed by atoms with van der Waals surface area (Å²) in [5, 5.41) is 0. The molecule has 1 saturated carbocycles. The second kappa shape index (κ2) is 6.76. The molecule has 0 spiro atoms. The van der Waals surface area contributed by atoms with E-state index in [1.807, 2.05) is 0 Å². The highest BCUT2D eigenvalue weighted by molar-refractivity contribution is 9.10. The molecule has 0 saturated heterocycles. The Balaban J connectivity index is 2.02. The number of benzene rings is 1. The van der Waals surface area contributed by atoms with Crippen LogP contribution in [0.4, 0.5) is 0 Å². The third-order valence-electron chi connectivity index (χ3n) is 3.86. The molecule has 19 heavy (non-hydrogen) atoms. The lowest BCUT2D eigenvalue weighted by molar-refractivity contribution is 0.100. The molecule has 0 radical (unpaired) electrons. The van der Waals surface area contributed by atoms with Crippen LogP contribution in [0.15, 0.2) is 22.7 Å². The van der Waals surface area contributed by atoms with E-state index >= 15 is 0 Å². The summed E-state index contributed by atoms with van der Waals surface area (Å²) in [4.78, 5) is 0. The van der Waals surface area contributed by atoms with Crippen molar-refractivity contribution in [1.29, 1.82) is 0 Å².